The first-order valence-corrected chi connectivity index (χ1v) is 8.73. The second-order valence-electron chi connectivity index (χ2n) is 6.36. The number of unbranched alkanes of at least 4 members (excludes halogenated alkanes) is 1. The number of allylic oxidation sites excluding steroid dienone is 3. The Bertz CT molecular complexity index is 449. The molecule has 1 aliphatic carbocycles. The maximum absolute atomic E-state index is 5.69. The quantitative estimate of drug-likeness (QED) is 0.421. The largest absolute Gasteiger partial charge is 0.377 e. The lowest BCUT2D eigenvalue weighted by Gasteiger charge is -2.27. The van der Waals surface area contributed by atoms with Crippen LogP contribution in [0.3, 0.4) is 0 Å². The van der Waals surface area contributed by atoms with Crippen LogP contribution >= 0.6 is 0 Å². The highest BCUT2D eigenvalue weighted by Crippen LogP contribution is 2.36. The van der Waals surface area contributed by atoms with Crippen LogP contribution < -0.4 is 0 Å². The van der Waals surface area contributed by atoms with Crippen molar-refractivity contribution in [1.82, 2.24) is 0 Å². The Morgan fingerprint density at radius 1 is 1.14 bits per heavy atom. The molecule has 1 saturated carbocycles. The van der Waals surface area contributed by atoms with Gasteiger partial charge in [0.25, 0.3) is 0 Å². The van der Waals surface area contributed by atoms with Crippen LogP contribution in [0.1, 0.15) is 62.5 Å². The summed E-state index contributed by atoms with van der Waals surface area (Å²) < 4.78 is 5.69. The van der Waals surface area contributed by atoms with Crippen LogP contribution in [0, 0.1) is 5.92 Å². The SMILES string of the molecule is C=CCCCOCc1ccc([C@H]2CC[C@H](/C=C\C)CC2)cc1. The summed E-state index contributed by atoms with van der Waals surface area (Å²) in [5.74, 6) is 1.56. The summed E-state index contributed by atoms with van der Waals surface area (Å²) in [5.41, 5.74) is 2.79. The standard InChI is InChI=1S/C21H30O/c1-3-5-6-16-22-17-19-10-14-21(15-11-19)20-12-8-18(7-4-2)9-13-20/h3-4,7,10-11,14-15,18,20H,1,5-6,8-9,12-13,16-17H2,2H3/b7-4-/t18-,20-. The minimum Gasteiger partial charge on any atom is -0.377 e. The van der Waals surface area contributed by atoms with Crippen molar-refractivity contribution in [2.45, 2.75) is 58.0 Å². The monoisotopic (exact) mass is 298 g/mol. The van der Waals surface area contributed by atoms with E-state index in [2.05, 4.69) is 49.9 Å². The van der Waals surface area contributed by atoms with Crippen molar-refractivity contribution < 1.29 is 4.74 Å². The van der Waals surface area contributed by atoms with Gasteiger partial charge in [-0.1, -0.05) is 42.5 Å². The predicted octanol–water partition coefficient (Wildman–Crippen LogP) is 6.02. The van der Waals surface area contributed by atoms with Gasteiger partial charge in [-0.15, -0.1) is 6.58 Å². The van der Waals surface area contributed by atoms with Crippen LogP contribution in [0.25, 0.3) is 0 Å². The highest BCUT2D eigenvalue weighted by atomic mass is 16.5. The van der Waals surface area contributed by atoms with Gasteiger partial charge in [-0.25, -0.2) is 0 Å². The Kier molecular flexibility index (Phi) is 7.45. The third-order valence-corrected chi connectivity index (χ3v) is 4.65. The maximum Gasteiger partial charge on any atom is 0.0716 e. The molecule has 0 N–H and O–H groups in total. The van der Waals surface area contributed by atoms with E-state index in [4.69, 9.17) is 4.74 Å². The Hall–Kier alpha value is -1.34. The zero-order valence-electron chi connectivity index (χ0n) is 14.0. The van der Waals surface area contributed by atoms with Gasteiger partial charge >= 0.3 is 0 Å². The molecule has 0 atom stereocenters. The lowest BCUT2D eigenvalue weighted by Crippen LogP contribution is -2.11. The van der Waals surface area contributed by atoms with E-state index in [-0.39, 0.29) is 0 Å². The van der Waals surface area contributed by atoms with E-state index in [1.54, 1.807) is 0 Å². The van der Waals surface area contributed by atoms with Crippen LogP contribution in [0.2, 0.25) is 0 Å². The normalized spacial score (nSPS) is 22.0. The molecule has 1 aliphatic rings. The zero-order valence-corrected chi connectivity index (χ0v) is 14.0. The third-order valence-electron chi connectivity index (χ3n) is 4.65. The summed E-state index contributed by atoms with van der Waals surface area (Å²) in [7, 11) is 0. The van der Waals surface area contributed by atoms with Crippen LogP contribution in [0.4, 0.5) is 0 Å². The Morgan fingerprint density at radius 3 is 2.50 bits per heavy atom. The van der Waals surface area contributed by atoms with Crippen molar-refractivity contribution in [3.8, 4) is 0 Å². The molecule has 1 aromatic carbocycles. The summed E-state index contributed by atoms with van der Waals surface area (Å²) in [6, 6.07) is 9.09. The van der Waals surface area contributed by atoms with E-state index in [1.165, 1.54) is 36.8 Å². The predicted molar refractivity (Wildman–Crippen MR) is 95.0 cm³/mol. The van der Waals surface area contributed by atoms with E-state index in [1.807, 2.05) is 6.08 Å². The van der Waals surface area contributed by atoms with Crippen molar-refractivity contribution in [2.75, 3.05) is 6.61 Å². The van der Waals surface area contributed by atoms with Crippen molar-refractivity contribution in [2.24, 2.45) is 5.92 Å². The molecule has 1 aromatic rings. The molecule has 1 nitrogen and oxygen atoms in total. The van der Waals surface area contributed by atoms with Crippen LogP contribution in [-0.2, 0) is 11.3 Å². The molecule has 0 aliphatic heterocycles. The van der Waals surface area contributed by atoms with Gasteiger partial charge in [-0.3, -0.25) is 0 Å². The summed E-state index contributed by atoms with van der Waals surface area (Å²) in [4.78, 5) is 0. The lowest BCUT2D eigenvalue weighted by molar-refractivity contribution is 0.119. The van der Waals surface area contributed by atoms with Crippen LogP contribution in [-0.4, -0.2) is 6.61 Å². The average Bonchev–Trinajstić information content (AvgIpc) is 2.56. The highest BCUT2D eigenvalue weighted by Gasteiger charge is 2.20. The molecule has 0 spiro atoms. The molecule has 0 saturated heterocycles. The summed E-state index contributed by atoms with van der Waals surface area (Å²) in [5, 5.41) is 0. The summed E-state index contributed by atoms with van der Waals surface area (Å²) in [6.45, 7) is 7.41. The molecule has 0 amide bonds. The Morgan fingerprint density at radius 2 is 1.86 bits per heavy atom. The topological polar surface area (TPSA) is 9.23 Å². The second kappa shape index (κ2) is 9.63. The van der Waals surface area contributed by atoms with Gasteiger partial charge in [0.1, 0.15) is 0 Å². The molecule has 22 heavy (non-hydrogen) atoms. The molecular weight excluding hydrogens is 268 g/mol. The van der Waals surface area contributed by atoms with Crippen molar-refractivity contribution >= 4 is 0 Å². The lowest BCUT2D eigenvalue weighted by atomic mass is 9.78. The van der Waals surface area contributed by atoms with Crippen molar-refractivity contribution in [1.29, 1.82) is 0 Å². The molecule has 0 radical (unpaired) electrons. The second-order valence-corrected chi connectivity index (χ2v) is 6.36. The number of benzene rings is 1. The smallest absolute Gasteiger partial charge is 0.0716 e. The van der Waals surface area contributed by atoms with Gasteiger partial charge in [0.15, 0.2) is 0 Å². The van der Waals surface area contributed by atoms with Crippen molar-refractivity contribution in [3.63, 3.8) is 0 Å². The number of rotatable bonds is 8. The van der Waals surface area contributed by atoms with Gasteiger partial charge in [-0.05, 0) is 68.4 Å². The van der Waals surface area contributed by atoms with E-state index in [0.717, 1.165) is 37.9 Å². The first-order chi connectivity index (χ1) is 10.8. The molecule has 120 valence electrons. The average molecular weight is 298 g/mol. The van der Waals surface area contributed by atoms with E-state index in [9.17, 15) is 0 Å². The first kappa shape index (κ1) is 17.0. The fourth-order valence-corrected chi connectivity index (χ4v) is 3.32. The van der Waals surface area contributed by atoms with Gasteiger partial charge in [0.05, 0.1) is 6.61 Å². The van der Waals surface area contributed by atoms with Crippen LogP contribution in [0.15, 0.2) is 49.1 Å². The maximum atomic E-state index is 5.69. The molecule has 0 heterocycles. The first-order valence-electron chi connectivity index (χ1n) is 8.73. The molecule has 0 bridgehead atoms. The number of ether oxygens (including phenoxy) is 1. The molecule has 1 fully saturated rings. The highest BCUT2D eigenvalue weighted by molar-refractivity contribution is 5.25. The third kappa shape index (κ3) is 5.46. The minimum absolute atomic E-state index is 0.728. The molecule has 2 rings (SSSR count). The minimum atomic E-state index is 0.728. The Balaban J connectivity index is 1.76. The Labute approximate surface area is 136 Å². The van der Waals surface area contributed by atoms with Crippen molar-refractivity contribution in [3.05, 3.63) is 60.2 Å². The molecule has 0 aromatic heterocycles. The van der Waals surface area contributed by atoms with Gasteiger partial charge in [-0.2, -0.15) is 0 Å². The molecule has 1 heteroatoms. The summed E-state index contributed by atoms with van der Waals surface area (Å²) in [6.07, 6.45) is 14.0. The van der Waals surface area contributed by atoms with E-state index >= 15 is 0 Å². The van der Waals surface area contributed by atoms with E-state index in [0.29, 0.717) is 0 Å². The van der Waals surface area contributed by atoms with E-state index < -0.39 is 0 Å². The molecule has 0 unspecified atom stereocenters. The van der Waals surface area contributed by atoms with Gasteiger partial charge in [0, 0.05) is 6.61 Å². The number of hydrogen-bond acceptors (Lipinski definition) is 1. The van der Waals surface area contributed by atoms with Crippen LogP contribution in [0.5, 0.6) is 0 Å². The summed E-state index contributed by atoms with van der Waals surface area (Å²) >= 11 is 0. The number of hydrogen-bond donors (Lipinski definition) is 0. The fourth-order valence-electron chi connectivity index (χ4n) is 3.32. The molecular formula is C21H30O. The zero-order chi connectivity index (χ0) is 15.6. The fraction of sp³-hybridized carbons (Fsp3) is 0.524. The van der Waals surface area contributed by atoms with Gasteiger partial charge in [0.2, 0.25) is 0 Å². The van der Waals surface area contributed by atoms with Gasteiger partial charge < -0.3 is 4.74 Å².